The first kappa shape index (κ1) is 15.5. The predicted molar refractivity (Wildman–Crippen MR) is 86.5 cm³/mol. The van der Waals surface area contributed by atoms with Crippen LogP contribution in [0.1, 0.15) is 44.7 Å². The molecule has 1 N–H and O–H groups in total. The van der Waals surface area contributed by atoms with E-state index >= 15 is 0 Å². The van der Waals surface area contributed by atoms with Gasteiger partial charge in [-0.25, -0.2) is 0 Å². The smallest absolute Gasteiger partial charge is 0.0849 e. The van der Waals surface area contributed by atoms with Crippen LogP contribution in [0.4, 0.5) is 0 Å². The Morgan fingerprint density at radius 2 is 2.21 bits per heavy atom. The summed E-state index contributed by atoms with van der Waals surface area (Å²) in [5, 5.41) is 3.66. The number of benzene rings is 1. The van der Waals surface area contributed by atoms with Crippen LogP contribution in [0.5, 0.6) is 0 Å². The molecule has 0 saturated carbocycles. The molecule has 0 aromatic heterocycles. The van der Waals surface area contributed by atoms with Crippen molar-refractivity contribution >= 4 is 31.9 Å². The Balaban J connectivity index is 2.33. The van der Waals surface area contributed by atoms with Gasteiger partial charge in [0.25, 0.3) is 0 Å². The van der Waals surface area contributed by atoms with E-state index in [2.05, 4.69) is 69.2 Å². The zero-order chi connectivity index (χ0) is 13.9. The van der Waals surface area contributed by atoms with E-state index in [9.17, 15) is 0 Å². The molecule has 4 heteroatoms. The Morgan fingerprint density at radius 1 is 1.42 bits per heavy atom. The number of hydrogen-bond acceptors (Lipinski definition) is 2. The second-order valence-electron chi connectivity index (χ2n) is 5.32. The van der Waals surface area contributed by atoms with Crippen LogP contribution in [0, 0.1) is 0 Å². The van der Waals surface area contributed by atoms with Crippen LogP contribution < -0.4 is 5.32 Å². The minimum atomic E-state index is -0.113. The van der Waals surface area contributed by atoms with Crippen molar-refractivity contribution in [2.45, 2.75) is 44.8 Å². The minimum absolute atomic E-state index is 0.113. The van der Waals surface area contributed by atoms with Crippen LogP contribution in [-0.4, -0.2) is 18.8 Å². The van der Waals surface area contributed by atoms with Crippen LogP contribution in [0.3, 0.4) is 0 Å². The van der Waals surface area contributed by atoms with E-state index in [1.54, 1.807) is 0 Å². The maximum Gasteiger partial charge on any atom is 0.0849 e. The first-order chi connectivity index (χ1) is 9.07. The van der Waals surface area contributed by atoms with Gasteiger partial charge in [-0.1, -0.05) is 38.8 Å². The Hall–Kier alpha value is 0.1000. The summed E-state index contributed by atoms with van der Waals surface area (Å²) in [6.45, 7) is 6.29. The highest BCUT2D eigenvalue weighted by Gasteiger charge is 2.39. The van der Waals surface area contributed by atoms with Crippen LogP contribution in [0.2, 0.25) is 0 Å². The maximum absolute atomic E-state index is 6.05. The molecule has 0 amide bonds. The van der Waals surface area contributed by atoms with Crippen molar-refractivity contribution in [2.75, 3.05) is 13.2 Å². The van der Waals surface area contributed by atoms with Gasteiger partial charge in [-0.15, -0.1) is 0 Å². The van der Waals surface area contributed by atoms with Crippen molar-refractivity contribution in [3.05, 3.63) is 32.7 Å². The van der Waals surface area contributed by atoms with Gasteiger partial charge in [0.2, 0.25) is 0 Å². The van der Waals surface area contributed by atoms with Gasteiger partial charge in [-0.2, -0.15) is 0 Å². The molecule has 2 rings (SSSR count). The fourth-order valence-electron chi connectivity index (χ4n) is 2.71. The molecule has 1 saturated heterocycles. The Bertz CT molecular complexity index is 430. The molecule has 1 aliphatic heterocycles. The maximum atomic E-state index is 6.05. The highest BCUT2D eigenvalue weighted by Crippen LogP contribution is 2.40. The zero-order valence-corrected chi connectivity index (χ0v) is 14.7. The van der Waals surface area contributed by atoms with E-state index in [0.29, 0.717) is 0 Å². The third-order valence-electron chi connectivity index (χ3n) is 3.73. The number of hydrogen-bond donors (Lipinski definition) is 1. The summed E-state index contributed by atoms with van der Waals surface area (Å²) in [6, 6.07) is 6.56. The molecular formula is C15H21Br2NO. The lowest BCUT2D eigenvalue weighted by molar-refractivity contribution is -0.0126. The van der Waals surface area contributed by atoms with Gasteiger partial charge in [0, 0.05) is 15.6 Å². The molecule has 1 fully saturated rings. The summed E-state index contributed by atoms with van der Waals surface area (Å²) in [5.41, 5.74) is 1.16. The normalized spacial score (nSPS) is 24.6. The summed E-state index contributed by atoms with van der Waals surface area (Å²) in [5.74, 6) is 0. The first-order valence-electron chi connectivity index (χ1n) is 6.89. The Labute approximate surface area is 132 Å². The summed E-state index contributed by atoms with van der Waals surface area (Å²) < 4.78 is 8.30. The van der Waals surface area contributed by atoms with E-state index in [0.717, 1.165) is 41.4 Å². The van der Waals surface area contributed by atoms with Crippen molar-refractivity contribution in [1.29, 1.82) is 0 Å². The van der Waals surface area contributed by atoms with Crippen molar-refractivity contribution < 1.29 is 4.74 Å². The molecule has 1 aromatic rings. The lowest BCUT2D eigenvalue weighted by Gasteiger charge is -2.35. The zero-order valence-electron chi connectivity index (χ0n) is 11.5. The van der Waals surface area contributed by atoms with E-state index < -0.39 is 0 Å². The summed E-state index contributed by atoms with van der Waals surface area (Å²) in [7, 11) is 0. The average Bonchev–Trinajstić information content (AvgIpc) is 2.82. The third kappa shape index (κ3) is 3.60. The summed E-state index contributed by atoms with van der Waals surface area (Å²) >= 11 is 7.25. The molecule has 1 aliphatic rings. The Morgan fingerprint density at radius 3 is 2.84 bits per heavy atom. The fourth-order valence-corrected chi connectivity index (χ4v) is 3.56. The lowest BCUT2D eigenvalue weighted by atomic mass is 9.87. The number of rotatable bonds is 5. The van der Waals surface area contributed by atoms with Crippen LogP contribution in [0.15, 0.2) is 27.1 Å². The highest BCUT2D eigenvalue weighted by atomic mass is 79.9. The molecule has 0 radical (unpaired) electrons. The van der Waals surface area contributed by atoms with Crippen molar-refractivity contribution in [2.24, 2.45) is 0 Å². The largest absolute Gasteiger partial charge is 0.373 e. The number of halogens is 2. The minimum Gasteiger partial charge on any atom is -0.373 e. The van der Waals surface area contributed by atoms with Crippen molar-refractivity contribution in [3.63, 3.8) is 0 Å². The fraction of sp³-hybridized carbons (Fsp3) is 0.600. The van der Waals surface area contributed by atoms with Gasteiger partial charge in [0.1, 0.15) is 0 Å². The van der Waals surface area contributed by atoms with Crippen LogP contribution in [0.25, 0.3) is 0 Å². The van der Waals surface area contributed by atoms with Crippen LogP contribution >= 0.6 is 31.9 Å². The van der Waals surface area contributed by atoms with Crippen molar-refractivity contribution in [1.82, 2.24) is 5.32 Å². The molecular weight excluding hydrogens is 370 g/mol. The number of ether oxygens (including phenoxy) is 1. The van der Waals surface area contributed by atoms with Gasteiger partial charge in [0.15, 0.2) is 0 Å². The summed E-state index contributed by atoms with van der Waals surface area (Å²) in [6.07, 6.45) is 3.37. The van der Waals surface area contributed by atoms with E-state index in [4.69, 9.17) is 4.74 Å². The molecule has 0 spiro atoms. The molecule has 1 heterocycles. The number of nitrogens with one attached hydrogen (secondary N) is 1. The molecule has 0 bridgehead atoms. The van der Waals surface area contributed by atoms with Gasteiger partial charge in [-0.3, -0.25) is 0 Å². The molecule has 2 unspecified atom stereocenters. The summed E-state index contributed by atoms with van der Waals surface area (Å²) in [4.78, 5) is 0. The molecule has 0 aliphatic carbocycles. The van der Waals surface area contributed by atoms with Gasteiger partial charge >= 0.3 is 0 Å². The molecule has 19 heavy (non-hydrogen) atoms. The molecule has 2 nitrogen and oxygen atoms in total. The molecule has 106 valence electrons. The highest BCUT2D eigenvalue weighted by molar-refractivity contribution is 9.11. The quantitative estimate of drug-likeness (QED) is 0.777. The Kier molecular flexibility index (Phi) is 5.46. The lowest BCUT2D eigenvalue weighted by Crippen LogP contribution is -2.41. The van der Waals surface area contributed by atoms with Crippen molar-refractivity contribution in [3.8, 4) is 0 Å². The molecule has 2 atom stereocenters. The second-order valence-corrected chi connectivity index (χ2v) is 7.09. The third-order valence-corrected chi connectivity index (χ3v) is 4.94. The second kappa shape index (κ2) is 6.70. The topological polar surface area (TPSA) is 21.3 Å². The standard InChI is InChI=1S/C15H21Br2NO/c1-3-8-18-14(15(2)7-4-9-19-15)12-10-11(16)5-6-13(12)17/h5-6,10,14,18H,3-4,7-9H2,1-2H3. The van der Waals surface area contributed by atoms with Gasteiger partial charge in [0.05, 0.1) is 11.6 Å². The SMILES string of the molecule is CCCNC(c1cc(Br)ccc1Br)C1(C)CCCO1. The van der Waals surface area contributed by atoms with Gasteiger partial charge in [-0.05, 0) is 56.5 Å². The van der Waals surface area contributed by atoms with E-state index in [1.165, 1.54) is 5.56 Å². The van der Waals surface area contributed by atoms with E-state index in [-0.39, 0.29) is 11.6 Å². The van der Waals surface area contributed by atoms with Gasteiger partial charge < -0.3 is 10.1 Å². The van der Waals surface area contributed by atoms with E-state index in [1.807, 2.05) is 0 Å². The molecule has 1 aromatic carbocycles. The average molecular weight is 391 g/mol. The first-order valence-corrected chi connectivity index (χ1v) is 8.48. The van der Waals surface area contributed by atoms with Crippen LogP contribution in [-0.2, 0) is 4.74 Å². The monoisotopic (exact) mass is 389 g/mol. The predicted octanol–water partition coefficient (Wildman–Crippen LogP) is 4.82.